The van der Waals surface area contributed by atoms with Gasteiger partial charge in [0.2, 0.25) is 5.91 Å². The van der Waals surface area contributed by atoms with Gasteiger partial charge in [0.15, 0.2) is 5.82 Å². The first-order chi connectivity index (χ1) is 15.9. The van der Waals surface area contributed by atoms with Crippen LogP contribution in [0.4, 0.5) is 15.9 Å². The van der Waals surface area contributed by atoms with Crippen LogP contribution in [0.5, 0.6) is 5.75 Å². The monoisotopic (exact) mass is 472 g/mol. The van der Waals surface area contributed by atoms with Crippen LogP contribution in [-0.2, 0) is 11.3 Å². The maximum atomic E-state index is 14.5. The molecule has 1 amide bonds. The molecule has 0 aliphatic carbocycles. The first kappa shape index (κ1) is 23.2. The van der Waals surface area contributed by atoms with E-state index in [0.29, 0.717) is 41.9 Å². The fraction of sp³-hybridized carbons (Fsp3) is 0.348. The number of halogens is 2. The van der Waals surface area contributed by atoms with Gasteiger partial charge in [-0.3, -0.25) is 9.69 Å². The normalized spacial score (nSPS) is 15.5. The molecule has 4 rings (SSSR count). The number of hydrogen-bond acceptors (Lipinski definition) is 7. The molecule has 1 aromatic heterocycles. The van der Waals surface area contributed by atoms with Crippen LogP contribution in [0.3, 0.4) is 0 Å². The number of primary amides is 1. The number of carbonyl (C=O) groups excluding carboxylic acids is 1. The van der Waals surface area contributed by atoms with E-state index in [0.717, 1.165) is 18.7 Å². The van der Waals surface area contributed by atoms with Crippen molar-refractivity contribution < 1.29 is 13.9 Å². The van der Waals surface area contributed by atoms with Crippen molar-refractivity contribution in [3.05, 3.63) is 53.1 Å². The third kappa shape index (κ3) is 4.44. The summed E-state index contributed by atoms with van der Waals surface area (Å²) in [5.41, 5.74) is 6.76. The Morgan fingerprint density at radius 2 is 2.09 bits per heavy atom. The quantitative estimate of drug-likeness (QED) is 0.485. The number of anilines is 2. The number of nitrogens with zero attached hydrogens (tertiary/aromatic N) is 3. The number of carbonyl (C=O) groups is 1. The van der Waals surface area contributed by atoms with Crippen molar-refractivity contribution in [2.75, 3.05) is 32.6 Å². The molecule has 33 heavy (non-hydrogen) atoms. The molecule has 0 bridgehead atoms. The number of methoxy groups -OCH3 is 1. The molecule has 3 aromatic rings. The summed E-state index contributed by atoms with van der Waals surface area (Å²) in [4.78, 5) is 23.1. The molecule has 4 N–H and O–H groups in total. The summed E-state index contributed by atoms with van der Waals surface area (Å²) >= 11 is 5.92. The fourth-order valence-electron chi connectivity index (χ4n) is 4.33. The number of aromatic nitrogens is 2. The van der Waals surface area contributed by atoms with Gasteiger partial charge in [0, 0.05) is 23.6 Å². The summed E-state index contributed by atoms with van der Waals surface area (Å²) in [6.45, 7) is 1.85. The lowest BCUT2D eigenvalue weighted by Crippen LogP contribution is -2.60. The third-order valence-corrected chi connectivity index (χ3v) is 6.56. The number of benzene rings is 2. The Bertz CT molecular complexity index is 1190. The first-order valence-electron chi connectivity index (χ1n) is 10.6. The van der Waals surface area contributed by atoms with Crippen molar-refractivity contribution in [1.29, 1.82) is 0 Å². The van der Waals surface area contributed by atoms with Gasteiger partial charge in [-0.25, -0.2) is 14.4 Å². The summed E-state index contributed by atoms with van der Waals surface area (Å²) in [5, 5.41) is 6.99. The maximum absolute atomic E-state index is 14.5. The number of nitrogens with one attached hydrogen (secondary N) is 2. The number of rotatable bonds is 7. The Morgan fingerprint density at radius 3 is 2.79 bits per heavy atom. The van der Waals surface area contributed by atoms with E-state index in [-0.39, 0.29) is 16.6 Å². The highest BCUT2D eigenvalue weighted by Gasteiger charge is 2.41. The molecule has 0 saturated carbocycles. The summed E-state index contributed by atoms with van der Waals surface area (Å²) in [6.07, 6.45) is 2.65. The molecule has 10 heteroatoms. The van der Waals surface area contributed by atoms with Crippen molar-refractivity contribution in [2.24, 2.45) is 5.73 Å². The first-order valence-corrected chi connectivity index (χ1v) is 11.0. The number of fused-ring (bicyclic) bond motifs is 1. The van der Waals surface area contributed by atoms with Gasteiger partial charge < -0.3 is 21.1 Å². The largest absolute Gasteiger partial charge is 0.496 e. The second-order valence-corrected chi connectivity index (χ2v) is 8.54. The molecule has 1 saturated heterocycles. The number of nitrogens with two attached hydrogens (primary N) is 1. The van der Waals surface area contributed by atoms with E-state index in [1.54, 1.807) is 25.3 Å². The van der Waals surface area contributed by atoms with Crippen LogP contribution in [0.1, 0.15) is 18.4 Å². The van der Waals surface area contributed by atoms with E-state index in [1.807, 2.05) is 18.0 Å². The molecule has 8 nitrogen and oxygen atoms in total. The summed E-state index contributed by atoms with van der Waals surface area (Å²) in [6, 6.07) is 8.42. The second-order valence-electron chi connectivity index (χ2n) is 8.13. The predicted molar refractivity (Wildman–Crippen MR) is 126 cm³/mol. The van der Waals surface area contributed by atoms with E-state index in [4.69, 9.17) is 22.1 Å². The van der Waals surface area contributed by atoms with Crippen LogP contribution in [0, 0.1) is 5.82 Å². The molecule has 1 aliphatic rings. The molecule has 0 spiro atoms. The zero-order valence-electron chi connectivity index (χ0n) is 18.5. The Morgan fingerprint density at radius 1 is 1.33 bits per heavy atom. The molecule has 0 unspecified atom stereocenters. The van der Waals surface area contributed by atoms with E-state index in [1.165, 1.54) is 12.4 Å². The number of likely N-dealkylation sites (N-methyl/N-ethyl adjacent to an activating group) is 1. The van der Waals surface area contributed by atoms with Gasteiger partial charge in [-0.15, -0.1) is 0 Å². The van der Waals surface area contributed by atoms with Crippen molar-refractivity contribution in [1.82, 2.24) is 20.2 Å². The van der Waals surface area contributed by atoms with E-state index < -0.39 is 11.4 Å². The van der Waals surface area contributed by atoms with Gasteiger partial charge in [0.1, 0.15) is 23.4 Å². The lowest BCUT2D eigenvalue weighted by Gasteiger charge is -2.42. The molecule has 0 atom stereocenters. The minimum absolute atomic E-state index is 0.0149. The maximum Gasteiger partial charge on any atom is 0.238 e. The van der Waals surface area contributed by atoms with Crippen LogP contribution < -0.4 is 21.1 Å². The van der Waals surface area contributed by atoms with Crippen LogP contribution in [0.15, 0.2) is 36.7 Å². The molecule has 0 radical (unpaired) electrons. The van der Waals surface area contributed by atoms with Crippen LogP contribution in [0.25, 0.3) is 10.9 Å². The number of hydrogen-bond donors (Lipinski definition) is 3. The minimum atomic E-state index is -0.747. The van der Waals surface area contributed by atoms with Crippen molar-refractivity contribution in [3.8, 4) is 5.75 Å². The van der Waals surface area contributed by atoms with Crippen LogP contribution in [-0.4, -0.2) is 53.6 Å². The second kappa shape index (κ2) is 9.46. The highest BCUT2D eigenvalue weighted by atomic mass is 35.5. The lowest BCUT2D eigenvalue weighted by molar-refractivity contribution is -0.131. The van der Waals surface area contributed by atoms with E-state index in [2.05, 4.69) is 20.6 Å². The van der Waals surface area contributed by atoms with Crippen LogP contribution >= 0.6 is 11.6 Å². The average molecular weight is 473 g/mol. The van der Waals surface area contributed by atoms with E-state index in [9.17, 15) is 9.18 Å². The fourth-order valence-corrected chi connectivity index (χ4v) is 4.51. The summed E-state index contributed by atoms with van der Waals surface area (Å²) in [7, 11) is 3.47. The van der Waals surface area contributed by atoms with Crippen molar-refractivity contribution >= 4 is 39.9 Å². The summed E-state index contributed by atoms with van der Waals surface area (Å²) < 4.78 is 20.1. The third-order valence-electron chi connectivity index (χ3n) is 6.27. The number of ether oxygens (including phenoxy) is 1. The Hall–Kier alpha value is -3.01. The van der Waals surface area contributed by atoms with Gasteiger partial charge >= 0.3 is 0 Å². The molecule has 1 aliphatic heterocycles. The van der Waals surface area contributed by atoms with Gasteiger partial charge in [-0.2, -0.15) is 0 Å². The Labute approximate surface area is 196 Å². The van der Waals surface area contributed by atoms with Crippen molar-refractivity contribution in [3.63, 3.8) is 0 Å². The number of amides is 1. The average Bonchev–Trinajstić information content (AvgIpc) is 2.82. The highest BCUT2D eigenvalue weighted by Crippen LogP contribution is 2.34. The van der Waals surface area contributed by atoms with Gasteiger partial charge in [0.25, 0.3) is 0 Å². The standard InChI is InChI=1S/C23H26ClFN6O2/c1-31(23(22(26)32)6-8-27-9-7-23)12-14-10-15-18(11-19(14)33-2)28-13-29-21(15)30-17-5-3-4-16(24)20(17)25/h3-5,10-11,13,27H,6-9,12H2,1-2H3,(H2,26,32)(H,28,29,30). The van der Waals surface area contributed by atoms with Crippen molar-refractivity contribution in [2.45, 2.75) is 24.9 Å². The molecule has 174 valence electrons. The molecular weight excluding hydrogens is 447 g/mol. The SMILES string of the molecule is COc1cc2ncnc(Nc3cccc(Cl)c3F)c2cc1CN(C)C1(C(N)=O)CCNCC1. The topological polar surface area (TPSA) is 105 Å². The molecule has 2 heterocycles. The van der Waals surface area contributed by atoms with Crippen LogP contribution in [0.2, 0.25) is 5.02 Å². The Balaban J connectivity index is 1.73. The minimum Gasteiger partial charge on any atom is -0.496 e. The zero-order valence-corrected chi connectivity index (χ0v) is 19.2. The van der Waals surface area contributed by atoms with Gasteiger partial charge in [-0.05, 0) is 51.2 Å². The number of piperidine rings is 1. The highest BCUT2D eigenvalue weighted by molar-refractivity contribution is 6.31. The smallest absolute Gasteiger partial charge is 0.238 e. The predicted octanol–water partition coefficient (Wildman–Crippen LogP) is 3.21. The van der Waals surface area contributed by atoms with E-state index >= 15 is 0 Å². The summed E-state index contributed by atoms with van der Waals surface area (Å²) in [5.74, 6) is 0.155. The van der Waals surface area contributed by atoms with Gasteiger partial charge in [-0.1, -0.05) is 17.7 Å². The Kier molecular flexibility index (Phi) is 6.64. The zero-order chi connectivity index (χ0) is 23.6. The molecule has 2 aromatic carbocycles. The van der Waals surface area contributed by atoms with Gasteiger partial charge in [0.05, 0.1) is 23.3 Å². The molecule has 1 fully saturated rings. The lowest BCUT2D eigenvalue weighted by atomic mass is 9.85. The molecular formula is C23H26ClFN6O2.